The van der Waals surface area contributed by atoms with Gasteiger partial charge in [-0.2, -0.15) is 0 Å². The smallest absolute Gasteiger partial charge is 0.358 e. The highest BCUT2D eigenvalue weighted by Gasteiger charge is 2.60. The van der Waals surface area contributed by atoms with Crippen LogP contribution in [0.4, 0.5) is 0 Å². The first-order valence-corrected chi connectivity index (χ1v) is 10.1. The van der Waals surface area contributed by atoms with E-state index in [4.69, 9.17) is 9.47 Å². The maximum absolute atomic E-state index is 12.8. The molecule has 2 amide bonds. The first-order chi connectivity index (χ1) is 13.1. The van der Waals surface area contributed by atoms with Crippen LogP contribution in [-0.4, -0.2) is 64.0 Å². The topological polar surface area (TPSA) is 122 Å². The van der Waals surface area contributed by atoms with Gasteiger partial charge in [0.15, 0.2) is 0 Å². The third kappa shape index (κ3) is 3.62. The van der Waals surface area contributed by atoms with Crippen molar-refractivity contribution in [1.82, 2.24) is 10.2 Å². The Balaban J connectivity index is 1.87. The molecule has 3 rings (SSSR count). The van der Waals surface area contributed by atoms with Crippen LogP contribution in [0.15, 0.2) is 10.6 Å². The molecule has 2 N–H and O–H groups in total. The molecular weight excluding hydrogens is 388 g/mol. The van der Waals surface area contributed by atoms with Gasteiger partial charge >= 0.3 is 11.9 Å². The van der Waals surface area contributed by atoms with Gasteiger partial charge in [-0.3, -0.25) is 14.4 Å². The molecule has 0 aromatic rings. The zero-order valence-electron chi connectivity index (χ0n) is 16.1. The summed E-state index contributed by atoms with van der Waals surface area (Å²) in [5.74, 6) is -2.53. The Morgan fingerprint density at radius 1 is 1.29 bits per heavy atom. The highest BCUT2D eigenvalue weighted by Crippen LogP contribution is 2.52. The van der Waals surface area contributed by atoms with Crippen molar-refractivity contribution in [3.8, 4) is 0 Å². The number of nitrogens with one attached hydrogen (secondary N) is 1. The predicted molar refractivity (Wildman–Crippen MR) is 98.3 cm³/mol. The first-order valence-electron chi connectivity index (χ1n) is 9.18. The molecule has 3 aliphatic heterocycles. The SMILES string of the molecule is CC(=O)OC(C)OC(=O)C1=C(SC2CNC(=O)C2)[C@H](C)[C@@H]2[C@@H]([C@@H](C)O)C(=O)N12. The van der Waals surface area contributed by atoms with Gasteiger partial charge in [0.05, 0.1) is 18.1 Å². The Morgan fingerprint density at radius 3 is 2.50 bits per heavy atom. The summed E-state index contributed by atoms with van der Waals surface area (Å²) < 4.78 is 10.1. The van der Waals surface area contributed by atoms with Crippen LogP contribution in [-0.2, 0) is 28.7 Å². The normalized spacial score (nSPS) is 31.1. The largest absolute Gasteiger partial charge is 0.426 e. The Morgan fingerprint density at radius 2 is 1.96 bits per heavy atom. The average molecular weight is 412 g/mol. The zero-order valence-corrected chi connectivity index (χ0v) is 16.9. The van der Waals surface area contributed by atoms with Gasteiger partial charge in [-0.05, 0) is 6.92 Å². The van der Waals surface area contributed by atoms with Crippen LogP contribution in [0.1, 0.15) is 34.1 Å². The number of nitrogens with zero attached hydrogens (tertiary/aromatic N) is 1. The predicted octanol–water partition coefficient (Wildman–Crippen LogP) is 0.130. The fourth-order valence-corrected chi connectivity index (χ4v) is 5.38. The third-order valence-electron chi connectivity index (χ3n) is 5.14. The molecule has 0 aromatic heterocycles. The second kappa shape index (κ2) is 7.75. The van der Waals surface area contributed by atoms with Crippen LogP contribution in [0, 0.1) is 11.8 Å². The van der Waals surface area contributed by atoms with E-state index in [9.17, 15) is 24.3 Å². The lowest BCUT2D eigenvalue weighted by Crippen LogP contribution is -2.63. The number of carbonyl (C=O) groups is 4. The molecule has 2 saturated heterocycles. The maximum atomic E-state index is 12.8. The van der Waals surface area contributed by atoms with Crippen molar-refractivity contribution in [2.45, 2.75) is 57.8 Å². The van der Waals surface area contributed by atoms with Crippen LogP contribution in [0.25, 0.3) is 0 Å². The van der Waals surface area contributed by atoms with Gasteiger partial charge in [0, 0.05) is 42.9 Å². The molecule has 0 aliphatic carbocycles. The highest BCUT2D eigenvalue weighted by atomic mass is 32.2. The summed E-state index contributed by atoms with van der Waals surface area (Å²) in [6, 6.07) is -0.341. The molecule has 0 saturated carbocycles. The lowest BCUT2D eigenvalue weighted by atomic mass is 9.79. The monoisotopic (exact) mass is 412 g/mol. The van der Waals surface area contributed by atoms with Gasteiger partial charge in [-0.15, -0.1) is 11.8 Å². The number of hydrogen-bond acceptors (Lipinski definition) is 8. The Bertz CT molecular complexity index is 750. The van der Waals surface area contributed by atoms with Crippen LogP contribution >= 0.6 is 11.8 Å². The number of β-lactam (4-membered cyclic amide) rings is 1. The Hall–Kier alpha value is -2.07. The summed E-state index contributed by atoms with van der Waals surface area (Å²) in [6.45, 7) is 6.54. The fraction of sp³-hybridized carbons (Fsp3) is 0.667. The lowest BCUT2D eigenvalue weighted by molar-refractivity contribution is -0.184. The number of amides is 2. The summed E-state index contributed by atoms with van der Waals surface area (Å²) in [5, 5.41) is 12.7. The molecule has 2 fully saturated rings. The van der Waals surface area contributed by atoms with E-state index in [1.54, 1.807) is 6.92 Å². The second-order valence-electron chi connectivity index (χ2n) is 7.30. The van der Waals surface area contributed by atoms with Crippen LogP contribution in [0.2, 0.25) is 0 Å². The van der Waals surface area contributed by atoms with E-state index in [2.05, 4.69) is 5.32 Å². The number of rotatable bonds is 6. The molecule has 3 heterocycles. The number of fused-ring (bicyclic) bond motifs is 1. The Kier molecular flexibility index (Phi) is 5.72. The van der Waals surface area contributed by atoms with Gasteiger partial charge in [0.25, 0.3) is 0 Å². The molecule has 154 valence electrons. The van der Waals surface area contributed by atoms with E-state index < -0.39 is 30.3 Å². The molecule has 2 unspecified atom stereocenters. The van der Waals surface area contributed by atoms with Gasteiger partial charge in [0.2, 0.25) is 18.1 Å². The third-order valence-corrected chi connectivity index (χ3v) is 6.63. The number of ether oxygens (including phenoxy) is 2. The van der Waals surface area contributed by atoms with Gasteiger partial charge in [-0.25, -0.2) is 4.79 Å². The average Bonchev–Trinajstić information content (AvgIpc) is 3.07. The van der Waals surface area contributed by atoms with E-state index >= 15 is 0 Å². The lowest BCUT2D eigenvalue weighted by Gasteiger charge is -2.46. The number of aliphatic hydroxyl groups is 1. The highest BCUT2D eigenvalue weighted by molar-refractivity contribution is 8.03. The van der Waals surface area contributed by atoms with Gasteiger partial charge in [-0.1, -0.05) is 6.92 Å². The van der Waals surface area contributed by atoms with Crippen molar-refractivity contribution in [3.63, 3.8) is 0 Å². The minimum atomic E-state index is -1.10. The molecule has 3 aliphatic rings. The number of hydrogen-bond donors (Lipinski definition) is 2. The Labute approximate surface area is 166 Å². The summed E-state index contributed by atoms with van der Waals surface area (Å²) in [6.07, 6.45) is -1.62. The number of aliphatic hydroxyl groups excluding tert-OH is 1. The van der Waals surface area contributed by atoms with Gasteiger partial charge < -0.3 is 24.8 Å². The van der Waals surface area contributed by atoms with Crippen molar-refractivity contribution >= 4 is 35.5 Å². The molecule has 28 heavy (non-hydrogen) atoms. The summed E-state index contributed by atoms with van der Waals surface area (Å²) >= 11 is 1.38. The maximum Gasteiger partial charge on any atom is 0.358 e. The fourth-order valence-electron chi connectivity index (χ4n) is 3.98. The standard InChI is InChI=1S/C18H24N2O7S/c1-7-14-13(8(2)21)17(24)20(14)15(18(25)27-10(4)26-9(3)22)16(7)28-11-5-12(23)19-6-11/h7-8,10-11,13-14,21H,5-6H2,1-4H3,(H,19,23)/t7-,8-,10?,11?,13-,14-/m1/s1. The van der Waals surface area contributed by atoms with Crippen LogP contribution in [0.3, 0.4) is 0 Å². The quantitative estimate of drug-likeness (QED) is 0.359. The molecule has 10 heteroatoms. The van der Waals surface area contributed by atoms with Crippen LogP contribution in [0.5, 0.6) is 0 Å². The number of thioether (sulfide) groups is 1. The van der Waals surface area contributed by atoms with Gasteiger partial charge in [0.1, 0.15) is 5.70 Å². The number of esters is 2. The number of carbonyl (C=O) groups excluding carboxylic acids is 4. The molecule has 9 nitrogen and oxygen atoms in total. The second-order valence-corrected chi connectivity index (χ2v) is 8.64. The summed E-state index contributed by atoms with van der Waals surface area (Å²) in [7, 11) is 0. The zero-order chi connectivity index (χ0) is 20.7. The van der Waals surface area contributed by atoms with E-state index in [1.165, 1.54) is 30.5 Å². The van der Waals surface area contributed by atoms with E-state index in [0.717, 1.165) is 0 Å². The molecule has 0 spiro atoms. The minimum absolute atomic E-state index is 0.0578. The molecular formula is C18H24N2O7S. The van der Waals surface area contributed by atoms with Crippen molar-refractivity contribution in [2.24, 2.45) is 11.8 Å². The summed E-state index contributed by atoms with van der Waals surface area (Å²) in [5.41, 5.74) is 0.114. The molecule has 0 radical (unpaired) electrons. The minimum Gasteiger partial charge on any atom is -0.426 e. The van der Waals surface area contributed by atoms with Crippen LogP contribution < -0.4 is 5.32 Å². The molecule has 0 aromatic carbocycles. The van der Waals surface area contributed by atoms with Crippen molar-refractivity contribution in [1.29, 1.82) is 0 Å². The van der Waals surface area contributed by atoms with E-state index in [-0.39, 0.29) is 34.7 Å². The first kappa shape index (κ1) is 20.7. The summed E-state index contributed by atoms with van der Waals surface area (Å²) in [4.78, 5) is 50.1. The molecule has 0 bridgehead atoms. The molecule has 6 atom stereocenters. The van der Waals surface area contributed by atoms with Crippen molar-refractivity contribution < 1.29 is 33.8 Å². The van der Waals surface area contributed by atoms with E-state index in [0.29, 0.717) is 17.9 Å². The van der Waals surface area contributed by atoms with E-state index in [1.807, 2.05) is 6.92 Å². The van der Waals surface area contributed by atoms with Crippen molar-refractivity contribution in [3.05, 3.63) is 10.6 Å². The van der Waals surface area contributed by atoms with Crippen molar-refractivity contribution in [2.75, 3.05) is 6.54 Å².